The Hall–Kier alpha value is -3.96. The van der Waals surface area contributed by atoms with E-state index in [1.807, 2.05) is 0 Å². The van der Waals surface area contributed by atoms with Crippen LogP contribution in [0.2, 0.25) is 0 Å². The van der Waals surface area contributed by atoms with Crippen molar-refractivity contribution in [2.24, 2.45) is 0 Å². The first-order chi connectivity index (χ1) is 44.6. The third kappa shape index (κ3) is 76.5. The van der Waals surface area contributed by atoms with Crippen molar-refractivity contribution in [3.63, 3.8) is 0 Å². The van der Waals surface area contributed by atoms with Crippen molar-refractivity contribution in [3.8, 4) is 0 Å². The van der Waals surface area contributed by atoms with Gasteiger partial charge in [-0.05, 0) is 109 Å². The summed E-state index contributed by atoms with van der Waals surface area (Å²) >= 11 is 0. The van der Waals surface area contributed by atoms with Crippen LogP contribution in [0.5, 0.6) is 0 Å². The van der Waals surface area contributed by atoms with Gasteiger partial charge >= 0.3 is 11.9 Å². The van der Waals surface area contributed by atoms with Crippen LogP contribution < -0.4 is 0 Å². The van der Waals surface area contributed by atoms with E-state index in [4.69, 9.17) is 9.47 Å². The molecule has 0 bridgehead atoms. The van der Waals surface area contributed by atoms with Crippen LogP contribution in [0.1, 0.15) is 373 Å². The number of rotatable bonds is 71. The monoisotopic (exact) mass is 1250 g/mol. The summed E-state index contributed by atoms with van der Waals surface area (Å²) in [4.78, 5) is 24.7. The van der Waals surface area contributed by atoms with E-state index >= 15 is 0 Å². The Kier molecular flexibility index (Phi) is 75.8. The van der Waals surface area contributed by atoms with Crippen LogP contribution in [0.3, 0.4) is 0 Å². The van der Waals surface area contributed by atoms with Gasteiger partial charge in [0.25, 0.3) is 0 Å². The Morgan fingerprint density at radius 3 is 0.667 bits per heavy atom. The van der Waals surface area contributed by atoms with Crippen molar-refractivity contribution in [2.75, 3.05) is 13.2 Å². The predicted molar refractivity (Wildman–Crippen MR) is 398 cm³/mol. The molecule has 516 valence electrons. The first-order valence-corrected chi connectivity index (χ1v) is 38.7. The number of aliphatic hydroxyl groups is 1. The zero-order valence-corrected chi connectivity index (χ0v) is 59.4. The van der Waals surface area contributed by atoms with Gasteiger partial charge in [0.1, 0.15) is 6.61 Å². The van der Waals surface area contributed by atoms with Crippen molar-refractivity contribution in [1.82, 2.24) is 0 Å². The lowest BCUT2D eigenvalue weighted by atomic mass is 10.0. The van der Waals surface area contributed by atoms with Crippen molar-refractivity contribution < 1.29 is 24.2 Å². The summed E-state index contributed by atoms with van der Waals surface area (Å²) in [6, 6.07) is 0. The molecule has 0 aromatic rings. The molecule has 0 spiro atoms. The summed E-state index contributed by atoms with van der Waals surface area (Å²) < 4.78 is 10.8. The highest BCUT2D eigenvalue weighted by molar-refractivity contribution is 5.70. The van der Waals surface area contributed by atoms with Gasteiger partial charge in [-0.3, -0.25) is 9.59 Å². The normalized spacial score (nSPS) is 13.0. The average Bonchev–Trinajstić information content (AvgIpc) is 3.60. The van der Waals surface area contributed by atoms with Crippen LogP contribution in [-0.2, 0) is 19.1 Å². The number of carbonyl (C=O) groups is 2. The maximum Gasteiger partial charge on any atom is 0.306 e. The van der Waals surface area contributed by atoms with Gasteiger partial charge in [-0.25, -0.2) is 0 Å². The zero-order valence-electron chi connectivity index (χ0n) is 59.4. The summed E-state index contributed by atoms with van der Waals surface area (Å²) in [5.41, 5.74) is 0. The molecule has 0 aliphatic carbocycles. The number of carbonyl (C=O) groups excluding carboxylic acids is 2. The van der Waals surface area contributed by atoms with Crippen LogP contribution in [0, 0.1) is 0 Å². The Bertz CT molecular complexity index is 1800. The molecule has 0 aromatic carbocycles. The molecular weight excluding hydrogens is 1100 g/mol. The highest BCUT2D eigenvalue weighted by Crippen LogP contribution is 2.19. The number of unbranched alkanes of at least 4 members (excludes halogenated alkanes) is 41. The number of allylic oxidation sites excluding steroid dienone is 22. The molecular formula is C85H146O5. The Labute approximate surface area is 559 Å². The summed E-state index contributed by atoms with van der Waals surface area (Å²) in [7, 11) is 0. The lowest BCUT2D eigenvalue weighted by Crippen LogP contribution is -2.28. The van der Waals surface area contributed by atoms with E-state index in [0.29, 0.717) is 12.8 Å². The van der Waals surface area contributed by atoms with Crippen molar-refractivity contribution in [3.05, 3.63) is 134 Å². The molecule has 0 fully saturated rings. The molecule has 0 radical (unpaired) electrons. The second-order valence-corrected chi connectivity index (χ2v) is 25.7. The maximum absolute atomic E-state index is 12.4. The smallest absolute Gasteiger partial charge is 0.306 e. The standard InChI is InChI=1S/C85H146O5/c1-3-5-7-9-11-13-15-17-19-21-23-25-27-29-31-33-35-37-39-40-41-42-43-44-46-48-50-52-54-56-58-60-62-64-66-68-70-72-74-76-78-80-85(88)90-83(81-86)82-89-84(87)79-77-75-73-71-69-67-65-63-61-59-57-55-53-51-49-47-45-38-36-34-32-30-28-26-24-22-20-18-16-14-12-10-8-6-4-2/h5-8,11-14,17-20,23-26,29,31,35,37,40-41,83,86H,3-4,9-10,15-16,21-22,27-28,30,32-34,36,38-39,42-82H2,1-2H3/b7-5-,8-6-,13-11-,14-12-,19-17-,20-18-,25-23-,26-24-,31-29-,37-35-,41-40-. The lowest BCUT2D eigenvalue weighted by Gasteiger charge is -2.15. The molecule has 0 rings (SSSR count). The first-order valence-electron chi connectivity index (χ1n) is 38.7. The van der Waals surface area contributed by atoms with Crippen molar-refractivity contribution >= 4 is 11.9 Å². The quantitative estimate of drug-likeness (QED) is 0.0373. The number of hydrogen-bond acceptors (Lipinski definition) is 5. The molecule has 0 aliphatic heterocycles. The molecule has 1 atom stereocenters. The van der Waals surface area contributed by atoms with Gasteiger partial charge < -0.3 is 14.6 Å². The van der Waals surface area contributed by atoms with E-state index in [-0.39, 0.29) is 25.2 Å². The molecule has 1 unspecified atom stereocenters. The first kappa shape index (κ1) is 86.0. The van der Waals surface area contributed by atoms with E-state index in [2.05, 4.69) is 148 Å². The third-order valence-electron chi connectivity index (χ3n) is 16.9. The largest absolute Gasteiger partial charge is 0.462 e. The SMILES string of the molecule is CC/C=C\C/C=C\C/C=C\C/C=C\C/C=C\C/C=C\C/C=C\CCCCCCCCCCCCCCCCCCCCCC(=O)OC(CO)COC(=O)CCCCCCCCCCCCCCCCCCCCCCCC/C=C\C/C=C\C/C=C\C/C=C\CC. The van der Waals surface area contributed by atoms with Crippen LogP contribution >= 0.6 is 0 Å². The van der Waals surface area contributed by atoms with E-state index in [1.54, 1.807) is 0 Å². The van der Waals surface area contributed by atoms with Gasteiger partial charge in [0.2, 0.25) is 0 Å². The number of aliphatic hydroxyl groups excluding tert-OH is 1. The van der Waals surface area contributed by atoms with Crippen LogP contribution in [0.25, 0.3) is 0 Å². The van der Waals surface area contributed by atoms with Crippen molar-refractivity contribution in [2.45, 2.75) is 380 Å². The lowest BCUT2D eigenvalue weighted by molar-refractivity contribution is -0.161. The molecule has 0 aromatic heterocycles. The van der Waals surface area contributed by atoms with Gasteiger partial charge in [0.05, 0.1) is 6.61 Å². The van der Waals surface area contributed by atoms with Crippen molar-refractivity contribution in [1.29, 1.82) is 0 Å². The molecule has 5 heteroatoms. The summed E-state index contributed by atoms with van der Waals surface area (Å²) in [5.74, 6) is -0.575. The molecule has 0 saturated heterocycles. The van der Waals surface area contributed by atoms with Crippen LogP contribution in [0.15, 0.2) is 134 Å². The molecule has 0 heterocycles. The Balaban J connectivity index is 3.43. The third-order valence-corrected chi connectivity index (χ3v) is 16.9. The second-order valence-electron chi connectivity index (χ2n) is 25.7. The van der Waals surface area contributed by atoms with Gasteiger partial charge in [0, 0.05) is 12.8 Å². The highest BCUT2D eigenvalue weighted by Gasteiger charge is 2.16. The van der Waals surface area contributed by atoms with Crippen LogP contribution in [-0.4, -0.2) is 36.4 Å². The van der Waals surface area contributed by atoms with Gasteiger partial charge in [-0.1, -0.05) is 385 Å². The fourth-order valence-corrected chi connectivity index (χ4v) is 11.2. The van der Waals surface area contributed by atoms with E-state index < -0.39 is 6.10 Å². The van der Waals surface area contributed by atoms with Crippen LogP contribution in [0.4, 0.5) is 0 Å². The minimum Gasteiger partial charge on any atom is -0.462 e. The fourth-order valence-electron chi connectivity index (χ4n) is 11.2. The van der Waals surface area contributed by atoms with E-state index in [1.165, 1.54) is 238 Å². The molecule has 0 saturated carbocycles. The van der Waals surface area contributed by atoms with Gasteiger partial charge in [0.15, 0.2) is 6.10 Å². The summed E-state index contributed by atoms with van der Waals surface area (Å²) in [6.07, 6.45) is 118. The zero-order chi connectivity index (χ0) is 64.7. The Morgan fingerprint density at radius 1 is 0.256 bits per heavy atom. The predicted octanol–water partition coefficient (Wildman–Crippen LogP) is 27.4. The average molecular weight is 1250 g/mol. The molecule has 5 nitrogen and oxygen atoms in total. The fraction of sp³-hybridized carbons (Fsp3) is 0.718. The van der Waals surface area contributed by atoms with E-state index in [0.717, 1.165) is 109 Å². The second kappa shape index (κ2) is 79.3. The Morgan fingerprint density at radius 2 is 0.444 bits per heavy atom. The highest BCUT2D eigenvalue weighted by atomic mass is 16.6. The summed E-state index contributed by atoms with van der Waals surface area (Å²) in [6.45, 7) is 3.95. The van der Waals surface area contributed by atoms with E-state index in [9.17, 15) is 14.7 Å². The van der Waals surface area contributed by atoms with Gasteiger partial charge in [-0.15, -0.1) is 0 Å². The molecule has 0 aliphatic rings. The molecule has 0 amide bonds. The topological polar surface area (TPSA) is 72.8 Å². The maximum atomic E-state index is 12.4. The summed E-state index contributed by atoms with van der Waals surface area (Å²) in [5, 5.41) is 9.73. The number of hydrogen-bond donors (Lipinski definition) is 1. The molecule has 90 heavy (non-hydrogen) atoms. The minimum absolute atomic E-state index is 0.0649. The number of esters is 2. The molecule has 1 N–H and O–H groups in total. The van der Waals surface area contributed by atoms with Gasteiger partial charge in [-0.2, -0.15) is 0 Å². The minimum atomic E-state index is -0.777. The number of ether oxygens (including phenoxy) is 2.